The number of Topliss-reactive ketones (excluding diaryl/α,β-unsaturated/α-hetero) is 1. The number of hydrogen-bond donors (Lipinski definition) is 3. The van der Waals surface area contributed by atoms with Gasteiger partial charge in [0, 0.05) is 11.1 Å². The Labute approximate surface area is 147 Å². The summed E-state index contributed by atoms with van der Waals surface area (Å²) in [5, 5.41) is 15.3. The van der Waals surface area contributed by atoms with Crippen LogP contribution in [0.1, 0.15) is 26.3 Å². The van der Waals surface area contributed by atoms with Crippen molar-refractivity contribution in [1.29, 1.82) is 0 Å². The third-order valence-electron chi connectivity index (χ3n) is 4.22. The van der Waals surface area contributed by atoms with Gasteiger partial charge in [-0.3, -0.25) is 9.59 Å². The molecule has 0 aliphatic carbocycles. The summed E-state index contributed by atoms with van der Waals surface area (Å²) in [4.78, 5) is 39.8. The number of carbonyl (C=O) groups is 3. The smallest absolute Gasteiger partial charge is 0.335 e. The molecule has 2 heterocycles. The van der Waals surface area contributed by atoms with Gasteiger partial charge in [0.05, 0.1) is 22.3 Å². The van der Waals surface area contributed by atoms with Crippen LogP contribution < -0.4 is 10.6 Å². The first-order valence-corrected chi connectivity index (χ1v) is 7.84. The van der Waals surface area contributed by atoms with Gasteiger partial charge >= 0.3 is 5.97 Å². The lowest BCUT2D eigenvalue weighted by Crippen LogP contribution is -2.12. The fourth-order valence-corrected chi connectivity index (χ4v) is 2.90. The van der Waals surface area contributed by atoms with Crippen molar-refractivity contribution in [2.45, 2.75) is 6.92 Å². The second-order valence-electron chi connectivity index (χ2n) is 6.02. The molecule has 7 heteroatoms. The molecule has 0 spiro atoms. The van der Waals surface area contributed by atoms with Crippen molar-refractivity contribution < 1.29 is 19.5 Å². The summed E-state index contributed by atoms with van der Waals surface area (Å²) in [6, 6.07) is 11.8. The number of rotatable bonds is 3. The fourth-order valence-electron chi connectivity index (χ4n) is 2.90. The molecule has 2 aromatic carbocycles. The van der Waals surface area contributed by atoms with E-state index in [0.717, 1.165) is 11.3 Å². The first-order valence-electron chi connectivity index (χ1n) is 7.84. The largest absolute Gasteiger partial charge is 0.478 e. The maximum Gasteiger partial charge on any atom is 0.335 e. The van der Waals surface area contributed by atoms with Crippen LogP contribution in [0.3, 0.4) is 0 Å². The summed E-state index contributed by atoms with van der Waals surface area (Å²) in [6.07, 6.45) is 0. The number of aromatic nitrogens is 1. The number of fused-ring (bicyclic) bond motifs is 3. The molecule has 0 bridgehead atoms. The third kappa shape index (κ3) is 2.46. The number of nitrogens with one attached hydrogen (secondary N) is 2. The van der Waals surface area contributed by atoms with Gasteiger partial charge in [-0.1, -0.05) is 23.8 Å². The average molecular weight is 347 g/mol. The Balaban J connectivity index is 1.93. The Hall–Kier alpha value is -3.74. The molecule has 0 unspecified atom stereocenters. The van der Waals surface area contributed by atoms with Crippen molar-refractivity contribution in [3.05, 3.63) is 59.2 Å². The van der Waals surface area contributed by atoms with Gasteiger partial charge < -0.3 is 15.7 Å². The highest BCUT2D eigenvalue weighted by Gasteiger charge is 2.33. The number of amides is 1. The summed E-state index contributed by atoms with van der Waals surface area (Å²) in [5.41, 5.74) is 2.69. The van der Waals surface area contributed by atoms with Crippen LogP contribution in [0.5, 0.6) is 0 Å². The second kappa shape index (κ2) is 5.66. The topological polar surface area (TPSA) is 108 Å². The van der Waals surface area contributed by atoms with E-state index in [-0.39, 0.29) is 16.9 Å². The lowest BCUT2D eigenvalue weighted by atomic mass is 10.0. The number of carbonyl (C=O) groups excluding carboxylic acids is 2. The van der Waals surface area contributed by atoms with E-state index in [1.807, 2.05) is 31.2 Å². The molecule has 26 heavy (non-hydrogen) atoms. The molecule has 0 atom stereocenters. The highest BCUT2D eigenvalue weighted by molar-refractivity contribution is 6.54. The first kappa shape index (κ1) is 15.8. The SMILES string of the molecule is Cc1ccc(Nc2nc3cc(C(=O)O)ccc3c3c2NC(=O)C3=O)cc1. The number of benzene rings is 2. The molecule has 3 aromatic rings. The molecular weight excluding hydrogens is 334 g/mol. The maximum absolute atomic E-state index is 12.3. The number of carboxylic acid groups (broad SMARTS) is 1. The quantitative estimate of drug-likeness (QED) is 0.628. The summed E-state index contributed by atoms with van der Waals surface area (Å²) >= 11 is 0. The number of aromatic carboxylic acids is 1. The zero-order valence-corrected chi connectivity index (χ0v) is 13.7. The molecule has 0 radical (unpaired) electrons. The molecule has 1 amide bonds. The lowest BCUT2D eigenvalue weighted by Gasteiger charge is -2.12. The van der Waals surface area contributed by atoms with Gasteiger partial charge in [-0.25, -0.2) is 9.78 Å². The predicted molar refractivity (Wildman–Crippen MR) is 96.1 cm³/mol. The highest BCUT2D eigenvalue weighted by Crippen LogP contribution is 2.37. The Morgan fingerprint density at radius 3 is 2.54 bits per heavy atom. The molecule has 1 aromatic heterocycles. The molecule has 7 nitrogen and oxygen atoms in total. The number of ketones is 1. The van der Waals surface area contributed by atoms with Crippen molar-refractivity contribution in [3.8, 4) is 0 Å². The minimum absolute atomic E-state index is 0.0518. The van der Waals surface area contributed by atoms with Crippen molar-refractivity contribution in [1.82, 2.24) is 4.98 Å². The van der Waals surface area contributed by atoms with Crippen LogP contribution in [0.15, 0.2) is 42.5 Å². The number of hydrogen-bond acceptors (Lipinski definition) is 5. The third-order valence-corrected chi connectivity index (χ3v) is 4.22. The zero-order chi connectivity index (χ0) is 18.4. The van der Waals surface area contributed by atoms with Crippen LogP contribution in [-0.2, 0) is 4.79 Å². The van der Waals surface area contributed by atoms with Gasteiger partial charge in [0.1, 0.15) is 0 Å². The van der Waals surface area contributed by atoms with E-state index in [2.05, 4.69) is 15.6 Å². The van der Waals surface area contributed by atoms with Gasteiger partial charge in [-0.2, -0.15) is 0 Å². The summed E-state index contributed by atoms with van der Waals surface area (Å²) < 4.78 is 0. The van der Waals surface area contributed by atoms with E-state index in [1.54, 1.807) is 0 Å². The van der Waals surface area contributed by atoms with Crippen molar-refractivity contribution >= 4 is 45.8 Å². The van der Waals surface area contributed by atoms with E-state index < -0.39 is 17.7 Å². The molecule has 4 rings (SSSR count). The van der Waals surface area contributed by atoms with E-state index in [9.17, 15) is 19.5 Å². The normalized spacial score (nSPS) is 12.8. The van der Waals surface area contributed by atoms with E-state index in [1.165, 1.54) is 18.2 Å². The van der Waals surface area contributed by atoms with Gasteiger partial charge in [-0.15, -0.1) is 0 Å². The first-order chi connectivity index (χ1) is 12.4. The minimum Gasteiger partial charge on any atom is -0.478 e. The van der Waals surface area contributed by atoms with Crippen molar-refractivity contribution in [3.63, 3.8) is 0 Å². The van der Waals surface area contributed by atoms with E-state index >= 15 is 0 Å². The van der Waals surface area contributed by atoms with Crippen LogP contribution in [0.2, 0.25) is 0 Å². The van der Waals surface area contributed by atoms with Gasteiger partial charge in [0.15, 0.2) is 5.82 Å². The molecule has 0 fully saturated rings. The van der Waals surface area contributed by atoms with Crippen LogP contribution in [0.25, 0.3) is 10.9 Å². The van der Waals surface area contributed by atoms with Crippen molar-refractivity contribution in [2.24, 2.45) is 0 Å². The summed E-state index contributed by atoms with van der Waals surface area (Å²) in [7, 11) is 0. The molecule has 1 aliphatic rings. The average Bonchev–Trinajstić information content (AvgIpc) is 2.92. The molecular formula is C19H13N3O4. The van der Waals surface area contributed by atoms with Gasteiger partial charge in [0.2, 0.25) is 0 Å². The Kier molecular flexibility index (Phi) is 3.43. The van der Waals surface area contributed by atoms with E-state index in [0.29, 0.717) is 16.6 Å². The van der Waals surface area contributed by atoms with Crippen molar-refractivity contribution in [2.75, 3.05) is 10.6 Å². The van der Waals surface area contributed by atoms with Crippen LogP contribution in [0.4, 0.5) is 17.2 Å². The number of anilines is 3. The maximum atomic E-state index is 12.3. The van der Waals surface area contributed by atoms with Crippen LogP contribution in [0, 0.1) is 6.92 Å². The standard InChI is InChI=1S/C19H13N3O4/c1-9-2-5-11(6-3-9)20-17-15-14(16(23)18(24)22-15)12-7-4-10(19(25)26)8-13(12)21-17/h2-8H,1H3,(H,20,21)(H,25,26)(H,22,23,24). The zero-order valence-electron chi connectivity index (χ0n) is 13.7. The lowest BCUT2D eigenvalue weighted by molar-refractivity contribution is -0.112. The number of pyridine rings is 1. The van der Waals surface area contributed by atoms with Gasteiger partial charge in [-0.05, 0) is 31.2 Å². The van der Waals surface area contributed by atoms with Crippen LogP contribution in [-0.4, -0.2) is 27.8 Å². The predicted octanol–water partition coefficient (Wildman–Crippen LogP) is 3.12. The molecule has 0 saturated heterocycles. The molecule has 0 saturated carbocycles. The summed E-state index contributed by atoms with van der Waals surface area (Å²) in [5.74, 6) is -2.20. The highest BCUT2D eigenvalue weighted by atomic mass is 16.4. The van der Waals surface area contributed by atoms with Crippen LogP contribution >= 0.6 is 0 Å². The minimum atomic E-state index is -1.09. The number of aryl methyl sites for hydroxylation is 1. The monoisotopic (exact) mass is 347 g/mol. The van der Waals surface area contributed by atoms with E-state index in [4.69, 9.17) is 0 Å². The molecule has 128 valence electrons. The molecule has 1 aliphatic heterocycles. The number of nitrogens with zero attached hydrogens (tertiary/aromatic N) is 1. The van der Waals surface area contributed by atoms with Gasteiger partial charge in [0.25, 0.3) is 11.7 Å². The second-order valence-corrected chi connectivity index (χ2v) is 6.02. The summed E-state index contributed by atoms with van der Waals surface area (Å²) in [6.45, 7) is 1.96. The Morgan fingerprint density at radius 2 is 1.85 bits per heavy atom. The Morgan fingerprint density at radius 1 is 1.12 bits per heavy atom. The fraction of sp³-hybridized carbons (Fsp3) is 0.0526. The molecule has 3 N–H and O–H groups in total. The Bertz CT molecular complexity index is 1100. The number of carboxylic acids is 1.